The number of rotatable bonds is 1. The van der Waals surface area contributed by atoms with Gasteiger partial charge in [-0.1, -0.05) is 34.6 Å². The summed E-state index contributed by atoms with van der Waals surface area (Å²) in [6.07, 6.45) is 3.81. The molecule has 3 atom stereocenters. The van der Waals surface area contributed by atoms with Gasteiger partial charge < -0.3 is 4.74 Å². The van der Waals surface area contributed by atoms with Crippen molar-refractivity contribution in [3.8, 4) is 6.07 Å². The zero-order valence-corrected chi connectivity index (χ0v) is 13.0. The van der Waals surface area contributed by atoms with Gasteiger partial charge in [-0.3, -0.25) is 4.79 Å². The van der Waals surface area contributed by atoms with E-state index >= 15 is 0 Å². The summed E-state index contributed by atoms with van der Waals surface area (Å²) in [5, 5.41) is 9.18. The maximum atomic E-state index is 12.3. The number of hydrogen-bond acceptors (Lipinski definition) is 3. The van der Waals surface area contributed by atoms with Crippen LogP contribution >= 0.6 is 0 Å². The lowest BCUT2D eigenvalue weighted by molar-refractivity contribution is -0.183. The third-order valence-corrected chi connectivity index (χ3v) is 4.74. The van der Waals surface area contributed by atoms with Crippen LogP contribution in [0.3, 0.4) is 0 Å². The number of carbonyl (C=O) groups is 1. The molecule has 0 amide bonds. The van der Waals surface area contributed by atoms with Crippen molar-refractivity contribution in [1.29, 1.82) is 5.26 Å². The number of carbonyl (C=O) groups excluding carboxylic acids is 1. The summed E-state index contributed by atoms with van der Waals surface area (Å²) in [5.41, 5.74) is -0.481. The monoisotopic (exact) mass is 265 g/mol. The Balaban J connectivity index is 0.000000861. The minimum atomic E-state index is -0.519. The van der Waals surface area contributed by atoms with Crippen molar-refractivity contribution in [3.05, 3.63) is 0 Å². The molecule has 2 aliphatic rings. The fraction of sp³-hybridized carbons (Fsp3) is 0.875. The Morgan fingerprint density at radius 2 is 2.05 bits per heavy atom. The van der Waals surface area contributed by atoms with E-state index in [1.165, 1.54) is 0 Å². The van der Waals surface area contributed by atoms with Gasteiger partial charge in [-0.25, -0.2) is 0 Å². The molecule has 0 aromatic carbocycles. The minimum Gasteiger partial charge on any atom is -0.377 e. The lowest BCUT2D eigenvalue weighted by atomic mass is 9.54. The van der Waals surface area contributed by atoms with E-state index in [9.17, 15) is 10.1 Å². The van der Waals surface area contributed by atoms with E-state index < -0.39 is 11.3 Å². The molecule has 0 N–H and O–H groups in total. The highest BCUT2D eigenvalue weighted by Gasteiger charge is 2.57. The van der Waals surface area contributed by atoms with Gasteiger partial charge in [-0.2, -0.15) is 5.26 Å². The van der Waals surface area contributed by atoms with Gasteiger partial charge >= 0.3 is 0 Å². The Kier molecular flexibility index (Phi) is 5.15. The molecule has 3 nitrogen and oxygen atoms in total. The molecule has 1 aliphatic heterocycles. The summed E-state index contributed by atoms with van der Waals surface area (Å²) in [7, 11) is 0. The van der Waals surface area contributed by atoms with E-state index in [-0.39, 0.29) is 17.3 Å². The van der Waals surface area contributed by atoms with E-state index in [0.29, 0.717) is 6.42 Å². The van der Waals surface area contributed by atoms with Crippen LogP contribution in [0.5, 0.6) is 0 Å². The van der Waals surface area contributed by atoms with Crippen molar-refractivity contribution < 1.29 is 9.53 Å². The van der Waals surface area contributed by atoms with Crippen molar-refractivity contribution in [3.63, 3.8) is 0 Å². The Morgan fingerprint density at radius 3 is 2.58 bits per heavy atom. The molecule has 2 rings (SSSR count). The smallest absolute Gasteiger partial charge is 0.158 e. The van der Waals surface area contributed by atoms with E-state index in [0.717, 1.165) is 25.9 Å². The van der Waals surface area contributed by atoms with Crippen LogP contribution in [0.2, 0.25) is 0 Å². The number of nitrogens with zero attached hydrogens (tertiary/aromatic N) is 1. The molecule has 19 heavy (non-hydrogen) atoms. The van der Waals surface area contributed by atoms with Crippen molar-refractivity contribution in [1.82, 2.24) is 0 Å². The van der Waals surface area contributed by atoms with Crippen LogP contribution in [0.1, 0.15) is 60.3 Å². The van der Waals surface area contributed by atoms with Gasteiger partial charge in [0.05, 0.1) is 17.6 Å². The molecule has 0 radical (unpaired) electrons. The van der Waals surface area contributed by atoms with Crippen LogP contribution in [-0.2, 0) is 9.53 Å². The molecule has 1 heterocycles. The topological polar surface area (TPSA) is 50.1 Å². The molecule has 108 valence electrons. The normalized spacial score (nSPS) is 36.5. The molecule has 0 aromatic heterocycles. The summed E-state index contributed by atoms with van der Waals surface area (Å²) in [4.78, 5) is 12.3. The number of ether oxygens (including phenoxy) is 1. The predicted octanol–water partition coefficient (Wildman–Crippen LogP) is 3.73. The second kappa shape index (κ2) is 6.05. The molecule has 0 aromatic rings. The van der Waals surface area contributed by atoms with Gasteiger partial charge in [0.15, 0.2) is 5.78 Å². The predicted molar refractivity (Wildman–Crippen MR) is 75.6 cm³/mol. The quantitative estimate of drug-likeness (QED) is 0.726. The molecule has 1 saturated heterocycles. The number of hydrogen-bond donors (Lipinski definition) is 0. The van der Waals surface area contributed by atoms with Crippen LogP contribution < -0.4 is 0 Å². The molecule has 3 unspecified atom stereocenters. The molecular weight excluding hydrogens is 238 g/mol. The van der Waals surface area contributed by atoms with Crippen LogP contribution in [0.15, 0.2) is 0 Å². The van der Waals surface area contributed by atoms with Crippen LogP contribution in [0.4, 0.5) is 0 Å². The van der Waals surface area contributed by atoms with Gasteiger partial charge in [-0.15, -0.1) is 0 Å². The Morgan fingerprint density at radius 1 is 1.42 bits per heavy atom. The molecule has 3 heteroatoms. The van der Waals surface area contributed by atoms with E-state index in [2.05, 4.69) is 13.0 Å². The largest absolute Gasteiger partial charge is 0.377 e. The van der Waals surface area contributed by atoms with Crippen LogP contribution in [-0.4, -0.2) is 18.5 Å². The molecular formula is C16H27NO2. The summed E-state index contributed by atoms with van der Waals surface area (Å²) in [6, 6.07) is 2.20. The Hall–Kier alpha value is -0.880. The molecule has 1 saturated carbocycles. The summed E-state index contributed by atoms with van der Waals surface area (Å²) < 4.78 is 5.92. The van der Waals surface area contributed by atoms with Crippen LogP contribution in [0.25, 0.3) is 0 Å². The van der Waals surface area contributed by atoms with Crippen LogP contribution in [0, 0.1) is 28.1 Å². The molecule has 1 aliphatic carbocycles. The van der Waals surface area contributed by atoms with Crippen molar-refractivity contribution in [2.75, 3.05) is 6.61 Å². The lowest BCUT2D eigenvalue weighted by Crippen LogP contribution is -2.58. The van der Waals surface area contributed by atoms with Crippen molar-refractivity contribution in [2.24, 2.45) is 16.7 Å². The van der Waals surface area contributed by atoms with Gasteiger partial charge in [0.25, 0.3) is 0 Å². The van der Waals surface area contributed by atoms with Gasteiger partial charge in [0.2, 0.25) is 0 Å². The highest BCUT2D eigenvalue weighted by atomic mass is 16.5. The van der Waals surface area contributed by atoms with E-state index in [1.807, 2.05) is 27.7 Å². The SMILES string of the molecule is CC.CCC12CCCOC1C(C)(C)C(=O)C(C#N)C2. The average Bonchev–Trinajstić information content (AvgIpc) is 2.45. The van der Waals surface area contributed by atoms with Crippen molar-refractivity contribution >= 4 is 5.78 Å². The molecule has 0 bridgehead atoms. The summed E-state index contributed by atoms with van der Waals surface area (Å²) in [5.74, 6) is -0.376. The number of ketones is 1. The summed E-state index contributed by atoms with van der Waals surface area (Å²) >= 11 is 0. The first-order chi connectivity index (χ1) is 8.98. The zero-order valence-electron chi connectivity index (χ0n) is 13.0. The molecule has 0 spiro atoms. The fourth-order valence-corrected chi connectivity index (χ4v) is 3.80. The minimum absolute atomic E-state index is 0.00847. The maximum absolute atomic E-state index is 12.3. The van der Waals surface area contributed by atoms with Gasteiger partial charge in [0, 0.05) is 6.61 Å². The fourth-order valence-electron chi connectivity index (χ4n) is 3.80. The first kappa shape index (κ1) is 16.2. The third kappa shape index (κ3) is 2.56. The number of Topliss-reactive ketones (excluding diaryl/α,β-unsaturated/α-hetero) is 1. The summed E-state index contributed by atoms with van der Waals surface area (Å²) in [6.45, 7) is 10.8. The first-order valence-electron chi connectivity index (χ1n) is 7.53. The maximum Gasteiger partial charge on any atom is 0.158 e. The molecule has 2 fully saturated rings. The van der Waals surface area contributed by atoms with Crippen molar-refractivity contribution in [2.45, 2.75) is 66.4 Å². The Labute approximate surface area is 117 Å². The highest BCUT2D eigenvalue weighted by Crippen LogP contribution is 2.54. The standard InChI is InChI=1S/C14H21NO2.C2H6/c1-4-14-6-5-7-17-12(14)13(2,3)11(16)10(8-14)9-15;1-2/h10,12H,4-8H2,1-3H3;1-2H3. The second-order valence-corrected chi connectivity index (χ2v) is 6.04. The highest BCUT2D eigenvalue weighted by molar-refractivity contribution is 5.90. The second-order valence-electron chi connectivity index (χ2n) is 6.04. The Bertz CT molecular complexity index is 369. The third-order valence-electron chi connectivity index (χ3n) is 4.74. The average molecular weight is 265 g/mol. The number of nitriles is 1. The van der Waals surface area contributed by atoms with E-state index in [4.69, 9.17) is 4.74 Å². The van der Waals surface area contributed by atoms with Gasteiger partial charge in [0.1, 0.15) is 5.92 Å². The lowest BCUT2D eigenvalue weighted by Gasteiger charge is -2.54. The van der Waals surface area contributed by atoms with Gasteiger partial charge in [-0.05, 0) is 31.1 Å². The van der Waals surface area contributed by atoms with E-state index in [1.54, 1.807) is 0 Å². The zero-order chi connectivity index (χ0) is 14.7. The number of fused-ring (bicyclic) bond motifs is 1. The first-order valence-corrected chi connectivity index (χ1v) is 7.53.